The molecule has 0 radical (unpaired) electrons. The molecule has 0 bridgehead atoms. The summed E-state index contributed by atoms with van der Waals surface area (Å²) in [7, 11) is 0. The Morgan fingerprint density at radius 1 is 0.914 bits per heavy atom. The Hall–Kier alpha value is -4.86. The van der Waals surface area contributed by atoms with Gasteiger partial charge in [-0.15, -0.1) is 10.2 Å². The summed E-state index contributed by atoms with van der Waals surface area (Å²) in [5, 5.41) is 14.8. The standard InChI is InChI=1S/C25H20FN7O2/c26-19-12-6-4-10-17(19)23(34)27-15-22-31-32-25(33(22)16-8-2-1-3-9-16)28-14-21-29-20-13-7-5-11-18(20)24(35)30-21/h1-13H,14-15H2,(H,27,34)(H,28,32)(H,29,30,35). The zero-order chi connectivity index (χ0) is 24.2. The number of benzene rings is 3. The van der Waals surface area contributed by atoms with Gasteiger partial charge in [0.2, 0.25) is 5.95 Å². The maximum Gasteiger partial charge on any atom is 0.258 e. The number of hydrogen-bond donors (Lipinski definition) is 3. The minimum atomic E-state index is -0.603. The molecule has 1 amide bonds. The predicted molar refractivity (Wildman–Crippen MR) is 129 cm³/mol. The van der Waals surface area contributed by atoms with Crippen molar-refractivity contribution in [3.05, 3.63) is 112 Å². The number of fused-ring (bicyclic) bond motifs is 1. The van der Waals surface area contributed by atoms with Crippen molar-refractivity contribution >= 4 is 22.8 Å². The predicted octanol–water partition coefficient (Wildman–Crippen LogP) is 3.19. The van der Waals surface area contributed by atoms with Gasteiger partial charge in [0.1, 0.15) is 11.6 Å². The van der Waals surface area contributed by atoms with E-state index in [1.54, 1.807) is 28.8 Å². The first-order valence-corrected chi connectivity index (χ1v) is 10.8. The quantitative estimate of drug-likeness (QED) is 0.337. The van der Waals surface area contributed by atoms with E-state index >= 15 is 0 Å². The van der Waals surface area contributed by atoms with E-state index in [-0.39, 0.29) is 24.2 Å². The number of amides is 1. The van der Waals surface area contributed by atoms with Gasteiger partial charge in [0.25, 0.3) is 11.5 Å². The number of H-pyrrole nitrogens is 1. The molecule has 35 heavy (non-hydrogen) atoms. The van der Waals surface area contributed by atoms with Gasteiger partial charge in [-0.25, -0.2) is 9.37 Å². The third-order valence-electron chi connectivity index (χ3n) is 5.35. The summed E-state index contributed by atoms with van der Waals surface area (Å²) in [6.07, 6.45) is 0. The SMILES string of the molecule is O=C(NCc1nnc(NCc2nc3ccccc3c(=O)[nH]2)n1-c1ccccc1)c1ccccc1F. The second-order valence-electron chi connectivity index (χ2n) is 7.66. The number of rotatable bonds is 7. The largest absolute Gasteiger partial charge is 0.347 e. The van der Waals surface area contributed by atoms with Crippen LogP contribution in [0.4, 0.5) is 10.3 Å². The molecule has 0 saturated heterocycles. The molecule has 10 heteroatoms. The minimum Gasteiger partial charge on any atom is -0.347 e. The molecule has 0 aliphatic carbocycles. The van der Waals surface area contributed by atoms with Gasteiger partial charge in [-0.3, -0.25) is 14.2 Å². The van der Waals surface area contributed by atoms with Crippen LogP contribution in [0.2, 0.25) is 0 Å². The summed E-state index contributed by atoms with van der Waals surface area (Å²) in [4.78, 5) is 32.1. The fourth-order valence-electron chi connectivity index (χ4n) is 3.68. The first kappa shape index (κ1) is 22.0. The number of nitrogens with one attached hydrogen (secondary N) is 3. The summed E-state index contributed by atoms with van der Waals surface area (Å²) < 4.78 is 15.7. The smallest absolute Gasteiger partial charge is 0.258 e. The summed E-state index contributed by atoms with van der Waals surface area (Å²) in [6.45, 7) is 0.203. The highest BCUT2D eigenvalue weighted by atomic mass is 19.1. The first-order chi connectivity index (χ1) is 17.1. The van der Waals surface area contributed by atoms with Crippen LogP contribution in [-0.2, 0) is 13.1 Å². The lowest BCUT2D eigenvalue weighted by atomic mass is 10.2. The highest BCUT2D eigenvalue weighted by Crippen LogP contribution is 2.18. The van der Waals surface area contributed by atoms with E-state index in [9.17, 15) is 14.0 Å². The molecule has 2 aromatic heterocycles. The lowest BCUT2D eigenvalue weighted by Crippen LogP contribution is -2.25. The van der Waals surface area contributed by atoms with Gasteiger partial charge < -0.3 is 15.6 Å². The van der Waals surface area contributed by atoms with Crippen molar-refractivity contribution in [1.29, 1.82) is 0 Å². The number of aromatic amines is 1. The average Bonchev–Trinajstić information content (AvgIpc) is 3.29. The average molecular weight is 469 g/mol. The number of aromatic nitrogens is 5. The van der Waals surface area contributed by atoms with Crippen molar-refractivity contribution in [2.24, 2.45) is 0 Å². The Labute approximate surface area is 198 Å². The van der Waals surface area contributed by atoms with Crippen molar-refractivity contribution in [3.8, 4) is 5.69 Å². The fraction of sp³-hybridized carbons (Fsp3) is 0.0800. The number of carbonyl (C=O) groups excluding carboxylic acids is 1. The van der Waals surface area contributed by atoms with Crippen LogP contribution < -0.4 is 16.2 Å². The molecule has 3 aromatic carbocycles. The minimum absolute atomic E-state index is 0.0157. The number of halogens is 1. The van der Waals surface area contributed by atoms with Crippen LogP contribution in [0.3, 0.4) is 0 Å². The molecule has 0 aliphatic heterocycles. The molecule has 0 spiro atoms. The normalized spacial score (nSPS) is 10.9. The van der Waals surface area contributed by atoms with E-state index < -0.39 is 11.7 Å². The van der Waals surface area contributed by atoms with E-state index in [0.717, 1.165) is 5.69 Å². The zero-order valence-corrected chi connectivity index (χ0v) is 18.4. The first-order valence-electron chi connectivity index (χ1n) is 10.8. The number of anilines is 1. The van der Waals surface area contributed by atoms with Crippen molar-refractivity contribution in [3.63, 3.8) is 0 Å². The lowest BCUT2D eigenvalue weighted by molar-refractivity contribution is 0.0945. The third-order valence-corrected chi connectivity index (χ3v) is 5.35. The molecule has 0 saturated carbocycles. The molecule has 0 atom stereocenters. The molecule has 0 fully saturated rings. The van der Waals surface area contributed by atoms with Gasteiger partial charge in [-0.05, 0) is 36.4 Å². The van der Waals surface area contributed by atoms with Crippen LogP contribution in [0.25, 0.3) is 16.6 Å². The zero-order valence-electron chi connectivity index (χ0n) is 18.4. The molecule has 5 aromatic rings. The molecule has 9 nitrogen and oxygen atoms in total. The lowest BCUT2D eigenvalue weighted by Gasteiger charge is -2.12. The van der Waals surface area contributed by atoms with Crippen molar-refractivity contribution in [2.45, 2.75) is 13.1 Å². The highest BCUT2D eigenvalue weighted by molar-refractivity contribution is 5.94. The van der Waals surface area contributed by atoms with Crippen LogP contribution in [-0.4, -0.2) is 30.6 Å². The molecule has 5 rings (SSSR count). The second-order valence-corrected chi connectivity index (χ2v) is 7.66. The summed E-state index contributed by atoms with van der Waals surface area (Å²) in [6, 6.07) is 22.2. The second kappa shape index (κ2) is 9.56. The number of para-hydroxylation sites is 2. The maximum atomic E-state index is 14.0. The third kappa shape index (κ3) is 4.62. The van der Waals surface area contributed by atoms with Crippen LogP contribution >= 0.6 is 0 Å². The van der Waals surface area contributed by atoms with Crippen molar-refractivity contribution in [1.82, 2.24) is 30.0 Å². The molecule has 3 N–H and O–H groups in total. The number of hydrogen-bond acceptors (Lipinski definition) is 6. The molecule has 174 valence electrons. The monoisotopic (exact) mass is 469 g/mol. The molecule has 0 unspecified atom stereocenters. The maximum absolute atomic E-state index is 14.0. The van der Waals surface area contributed by atoms with E-state index in [2.05, 4.69) is 30.8 Å². The van der Waals surface area contributed by atoms with Crippen LogP contribution in [0.15, 0.2) is 83.7 Å². The van der Waals surface area contributed by atoms with Gasteiger partial charge in [-0.1, -0.05) is 42.5 Å². The Balaban J connectivity index is 1.40. The topological polar surface area (TPSA) is 118 Å². The Morgan fingerprint density at radius 3 is 2.49 bits per heavy atom. The Kier molecular flexibility index (Phi) is 6.00. The van der Waals surface area contributed by atoms with Crippen LogP contribution in [0.5, 0.6) is 0 Å². The van der Waals surface area contributed by atoms with Gasteiger partial charge in [0, 0.05) is 0 Å². The molecule has 2 heterocycles. The molecular weight excluding hydrogens is 449 g/mol. The number of nitrogens with zero attached hydrogens (tertiary/aromatic N) is 4. The van der Waals surface area contributed by atoms with E-state index in [0.29, 0.717) is 28.5 Å². The van der Waals surface area contributed by atoms with Crippen LogP contribution in [0, 0.1) is 5.82 Å². The van der Waals surface area contributed by atoms with E-state index in [4.69, 9.17) is 0 Å². The highest BCUT2D eigenvalue weighted by Gasteiger charge is 2.17. The van der Waals surface area contributed by atoms with Crippen molar-refractivity contribution < 1.29 is 9.18 Å². The molecular formula is C25H20FN7O2. The van der Waals surface area contributed by atoms with Gasteiger partial charge in [0.05, 0.1) is 35.2 Å². The van der Waals surface area contributed by atoms with Crippen molar-refractivity contribution in [2.75, 3.05) is 5.32 Å². The van der Waals surface area contributed by atoms with Gasteiger partial charge >= 0.3 is 0 Å². The number of carbonyl (C=O) groups is 1. The van der Waals surface area contributed by atoms with Gasteiger partial charge in [-0.2, -0.15) is 0 Å². The fourth-order valence-corrected chi connectivity index (χ4v) is 3.68. The van der Waals surface area contributed by atoms with Crippen LogP contribution in [0.1, 0.15) is 22.0 Å². The summed E-state index contributed by atoms with van der Waals surface area (Å²) in [5.41, 5.74) is 1.07. The summed E-state index contributed by atoms with van der Waals surface area (Å²) >= 11 is 0. The van der Waals surface area contributed by atoms with E-state index in [1.165, 1.54) is 18.2 Å². The Bertz CT molecular complexity index is 1560. The molecule has 0 aliphatic rings. The van der Waals surface area contributed by atoms with Gasteiger partial charge in [0.15, 0.2) is 5.82 Å². The Morgan fingerprint density at radius 2 is 1.66 bits per heavy atom. The summed E-state index contributed by atoms with van der Waals surface area (Å²) in [5.74, 6) is 0.100. The van der Waals surface area contributed by atoms with E-state index in [1.807, 2.05) is 36.4 Å².